The molecular weight excluding hydrogens is 272 g/mol. The van der Waals surface area contributed by atoms with Gasteiger partial charge in [-0.15, -0.1) is 0 Å². The minimum atomic E-state index is -0.391. The Bertz CT molecular complexity index is 513. The van der Waals surface area contributed by atoms with Crippen molar-refractivity contribution in [2.45, 2.75) is 51.6 Å². The number of ether oxygens (including phenoxy) is 1. The van der Waals surface area contributed by atoms with Crippen LogP contribution in [0.1, 0.15) is 51.1 Å². The van der Waals surface area contributed by atoms with Crippen LogP contribution in [-0.2, 0) is 7.05 Å². The van der Waals surface area contributed by atoms with Gasteiger partial charge < -0.3 is 10.5 Å². The largest absolute Gasteiger partial charge is 0.469 e. The molecule has 1 aromatic heterocycles. The highest BCUT2D eigenvalue weighted by molar-refractivity contribution is 5.47. The Labute approximate surface area is 124 Å². The molecule has 7 heteroatoms. The molecule has 2 N–H and O–H groups in total. The van der Waals surface area contributed by atoms with Crippen molar-refractivity contribution in [2.24, 2.45) is 18.7 Å². The van der Waals surface area contributed by atoms with Crippen molar-refractivity contribution in [2.75, 3.05) is 6.54 Å². The second kappa shape index (κ2) is 6.43. The molecule has 1 fully saturated rings. The summed E-state index contributed by atoms with van der Waals surface area (Å²) in [4.78, 5) is 11.0. The van der Waals surface area contributed by atoms with Crippen molar-refractivity contribution >= 4 is 5.69 Å². The van der Waals surface area contributed by atoms with Crippen molar-refractivity contribution in [3.8, 4) is 5.88 Å². The normalized spacial score (nSPS) is 22.5. The van der Waals surface area contributed by atoms with E-state index >= 15 is 0 Å². The van der Waals surface area contributed by atoms with E-state index in [9.17, 15) is 10.1 Å². The van der Waals surface area contributed by atoms with Gasteiger partial charge in [0.1, 0.15) is 11.8 Å². The van der Waals surface area contributed by atoms with E-state index in [0.717, 1.165) is 25.7 Å². The van der Waals surface area contributed by atoms with E-state index in [1.54, 1.807) is 7.05 Å². The van der Waals surface area contributed by atoms with E-state index in [1.807, 2.05) is 13.8 Å². The summed E-state index contributed by atoms with van der Waals surface area (Å²) < 4.78 is 7.47. The molecule has 0 aliphatic heterocycles. The van der Waals surface area contributed by atoms with E-state index in [4.69, 9.17) is 10.5 Å². The minimum absolute atomic E-state index is 0.00570. The van der Waals surface area contributed by atoms with Gasteiger partial charge in [-0.3, -0.25) is 10.1 Å². The monoisotopic (exact) mass is 296 g/mol. The molecule has 1 heterocycles. The molecule has 1 aliphatic rings. The summed E-state index contributed by atoms with van der Waals surface area (Å²) >= 11 is 0. The molecule has 118 valence electrons. The number of nitrogens with zero attached hydrogens (tertiary/aromatic N) is 3. The Morgan fingerprint density at radius 2 is 2.14 bits per heavy atom. The van der Waals surface area contributed by atoms with Gasteiger partial charge in [0.05, 0.1) is 4.92 Å². The summed E-state index contributed by atoms with van der Waals surface area (Å²) in [6.07, 6.45) is 4.07. The van der Waals surface area contributed by atoms with Crippen molar-refractivity contribution < 1.29 is 9.66 Å². The number of aryl methyl sites for hydroxylation is 1. The zero-order valence-electron chi connectivity index (χ0n) is 12.9. The Balaban J connectivity index is 2.32. The van der Waals surface area contributed by atoms with Crippen LogP contribution in [-0.4, -0.2) is 27.4 Å². The van der Waals surface area contributed by atoms with Gasteiger partial charge in [-0.2, -0.15) is 5.10 Å². The quantitative estimate of drug-likeness (QED) is 0.664. The van der Waals surface area contributed by atoms with Crippen LogP contribution in [0.4, 0.5) is 5.69 Å². The third-order valence-corrected chi connectivity index (χ3v) is 4.13. The second-order valence-corrected chi connectivity index (χ2v) is 6.01. The molecule has 7 nitrogen and oxygen atoms in total. The summed E-state index contributed by atoms with van der Waals surface area (Å²) in [7, 11) is 1.69. The third-order valence-electron chi connectivity index (χ3n) is 4.13. The molecule has 0 bridgehead atoms. The fourth-order valence-corrected chi connectivity index (χ4v) is 2.95. The van der Waals surface area contributed by atoms with Crippen LogP contribution >= 0.6 is 0 Å². The maximum absolute atomic E-state index is 11.4. The Kier molecular flexibility index (Phi) is 4.82. The summed E-state index contributed by atoms with van der Waals surface area (Å²) in [6, 6.07) is 0. The predicted octanol–water partition coefficient (Wildman–Crippen LogP) is 2.35. The molecule has 2 unspecified atom stereocenters. The minimum Gasteiger partial charge on any atom is -0.469 e. The molecule has 0 saturated heterocycles. The average molecular weight is 296 g/mol. The number of hydrogen-bond acceptors (Lipinski definition) is 5. The van der Waals surface area contributed by atoms with E-state index in [2.05, 4.69) is 5.10 Å². The zero-order valence-corrected chi connectivity index (χ0v) is 12.9. The fourth-order valence-electron chi connectivity index (χ4n) is 2.95. The second-order valence-electron chi connectivity index (χ2n) is 6.01. The molecule has 0 amide bonds. The molecule has 2 atom stereocenters. The first-order valence-electron chi connectivity index (χ1n) is 7.53. The molecule has 21 heavy (non-hydrogen) atoms. The van der Waals surface area contributed by atoms with Gasteiger partial charge >= 0.3 is 5.69 Å². The molecule has 1 aromatic rings. The highest BCUT2D eigenvalue weighted by atomic mass is 16.6. The van der Waals surface area contributed by atoms with Crippen molar-refractivity contribution in [3.05, 3.63) is 15.8 Å². The Morgan fingerprint density at radius 3 is 2.71 bits per heavy atom. The summed E-state index contributed by atoms with van der Waals surface area (Å²) in [5.41, 5.74) is 6.26. The van der Waals surface area contributed by atoms with Gasteiger partial charge in [-0.05, 0) is 25.8 Å². The van der Waals surface area contributed by atoms with Gasteiger partial charge in [0.2, 0.25) is 0 Å². The van der Waals surface area contributed by atoms with Crippen LogP contribution in [0.2, 0.25) is 0 Å². The first kappa shape index (κ1) is 15.8. The van der Waals surface area contributed by atoms with E-state index in [1.165, 1.54) is 4.68 Å². The Morgan fingerprint density at radius 1 is 1.48 bits per heavy atom. The van der Waals surface area contributed by atoms with Crippen molar-refractivity contribution in [1.82, 2.24) is 9.78 Å². The van der Waals surface area contributed by atoms with Crippen LogP contribution in [0.3, 0.4) is 0 Å². The lowest BCUT2D eigenvalue weighted by molar-refractivity contribution is -0.387. The molecule has 2 rings (SSSR count). The number of aromatic nitrogens is 2. The molecular formula is C14H24N4O3. The van der Waals surface area contributed by atoms with Crippen LogP contribution in [0.5, 0.6) is 5.88 Å². The lowest BCUT2D eigenvalue weighted by Crippen LogP contribution is -2.35. The Hall–Kier alpha value is -1.63. The van der Waals surface area contributed by atoms with E-state index in [-0.39, 0.29) is 29.5 Å². The van der Waals surface area contributed by atoms with E-state index < -0.39 is 4.92 Å². The summed E-state index contributed by atoms with van der Waals surface area (Å²) in [5, 5.41) is 15.7. The van der Waals surface area contributed by atoms with Crippen LogP contribution < -0.4 is 10.5 Å². The molecule has 1 saturated carbocycles. The first-order valence-corrected chi connectivity index (χ1v) is 7.53. The summed E-state index contributed by atoms with van der Waals surface area (Å²) in [5.74, 6) is 0.496. The highest BCUT2D eigenvalue weighted by Gasteiger charge is 2.34. The topological polar surface area (TPSA) is 96.2 Å². The molecule has 0 aromatic carbocycles. The number of nitro groups is 1. The van der Waals surface area contributed by atoms with Gasteiger partial charge in [-0.25, -0.2) is 4.68 Å². The number of rotatable bonds is 5. The van der Waals surface area contributed by atoms with Gasteiger partial charge in [0.25, 0.3) is 5.88 Å². The lowest BCUT2D eigenvalue weighted by Gasteiger charge is -2.30. The standard InChI is InChI=1S/C14H24N4O3/c1-9(2)12-13(18(19)20)14(17(3)16-12)21-11-7-5-4-6-10(11)8-15/h9-11H,4-8,15H2,1-3H3. The van der Waals surface area contributed by atoms with Gasteiger partial charge in [0.15, 0.2) is 0 Å². The fraction of sp³-hybridized carbons (Fsp3) is 0.786. The number of nitrogens with two attached hydrogens (primary N) is 1. The van der Waals surface area contributed by atoms with E-state index in [0.29, 0.717) is 12.2 Å². The number of hydrogen-bond donors (Lipinski definition) is 1. The predicted molar refractivity (Wildman–Crippen MR) is 79.4 cm³/mol. The highest BCUT2D eigenvalue weighted by Crippen LogP contribution is 2.37. The smallest absolute Gasteiger partial charge is 0.353 e. The maximum Gasteiger partial charge on any atom is 0.353 e. The lowest BCUT2D eigenvalue weighted by atomic mass is 9.86. The van der Waals surface area contributed by atoms with Crippen molar-refractivity contribution in [3.63, 3.8) is 0 Å². The van der Waals surface area contributed by atoms with Crippen LogP contribution in [0.15, 0.2) is 0 Å². The van der Waals surface area contributed by atoms with Crippen molar-refractivity contribution in [1.29, 1.82) is 0 Å². The molecule has 1 aliphatic carbocycles. The van der Waals surface area contributed by atoms with Gasteiger partial charge in [-0.1, -0.05) is 20.3 Å². The SMILES string of the molecule is CC(C)c1nn(C)c(OC2CCCCC2CN)c1[N+](=O)[O-]. The van der Waals surface area contributed by atoms with Crippen LogP contribution in [0.25, 0.3) is 0 Å². The molecule has 0 spiro atoms. The first-order chi connectivity index (χ1) is 9.95. The van der Waals surface area contributed by atoms with Crippen LogP contribution in [0, 0.1) is 16.0 Å². The summed E-state index contributed by atoms with van der Waals surface area (Å²) in [6.45, 7) is 4.33. The maximum atomic E-state index is 11.4. The average Bonchev–Trinajstić information content (AvgIpc) is 2.77. The van der Waals surface area contributed by atoms with Gasteiger partial charge in [0, 0.05) is 18.9 Å². The molecule has 0 radical (unpaired) electrons. The zero-order chi connectivity index (χ0) is 15.6. The third kappa shape index (κ3) is 3.18.